The first-order chi connectivity index (χ1) is 14.1. The summed E-state index contributed by atoms with van der Waals surface area (Å²) in [5.41, 5.74) is 1.49. The number of carbonyl (C=O) groups is 1. The van der Waals surface area contributed by atoms with Crippen LogP contribution in [0.25, 0.3) is 22.5 Å². The first-order valence-corrected chi connectivity index (χ1v) is 9.42. The van der Waals surface area contributed by atoms with Crippen LogP contribution in [-0.4, -0.2) is 40.9 Å². The zero-order valence-corrected chi connectivity index (χ0v) is 16.4. The van der Waals surface area contributed by atoms with Gasteiger partial charge in [0, 0.05) is 12.6 Å². The van der Waals surface area contributed by atoms with E-state index in [9.17, 15) is 4.79 Å². The van der Waals surface area contributed by atoms with Gasteiger partial charge in [-0.15, -0.1) is 5.10 Å². The van der Waals surface area contributed by atoms with Crippen molar-refractivity contribution in [2.75, 3.05) is 0 Å². The summed E-state index contributed by atoms with van der Waals surface area (Å²) < 4.78 is 14.4. The summed E-state index contributed by atoms with van der Waals surface area (Å²) in [5, 5.41) is 16.5. The van der Waals surface area contributed by atoms with Crippen LogP contribution >= 0.6 is 0 Å². The number of carbonyl (C=O) groups excluding carboxylic acids is 1. The van der Waals surface area contributed by atoms with Crippen LogP contribution < -0.4 is 0 Å². The highest BCUT2D eigenvalue weighted by Crippen LogP contribution is 2.27. The second-order valence-corrected chi connectivity index (χ2v) is 6.85. The van der Waals surface area contributed by atoms with Crippen molar-refractivity contribution in [3.63, 3.8) is 0 Å². The zero-order valence-electron chi connectivity index (χ0n) is 16.4. The highest BCUT2D eigenvalue weighted by Gasteiger charge is 2.21. The van der Waals surface area contributed by atoms with Gasteiger partial charge in [0.25, 0.3) is 0 Å². The van der Waals surface area contributed by atoms with Crippen LogP contribution in [0.5, 0.6) is 0 Å². The topological polar surface area (TPSA) is 114 Å². The molecule has 0 spiro atoms. The van der Waals surface area contributed by atoms with Crippen molar-refractivity contribution in [1.82, 2.24) is 35.0 Å². The SMILES string of the molecule is CCCn1nnnc1COC(=O)c1cc(-c2ccco2)nc2c1cnn2C(C)C. The van der Waals surface area contributed by atoms with E-state index in [-0.39, 0.29) is 12.6 Å². The van der Waals surface area contributed by atoms with E-state index in [2.05, 4.69) is 25.6 Å². The second-order valence-electron chi connectivity index (χ2n) is 6.85. The highest BCUT2D eigenvalue weighted by atomic mass is 16.5. The van der Waals surface area contributed by atoms with E-state index in [4.69, 9.17) is 9.15 Å². The van der Waals surface area contributed by atoms with Gasteiger partial charge in [0.15, 0.2) is 23.8 Å². The lowest BCUT2D eigenvalue weighted by Gasteiger charge is -2.10. The molecule has 0 amide bonds. The lowest BCUT2D eigenvalue weighted by Crippen LogP contribution is -2.12. The number of furan rings is 1. The van der Waals surface area contributed by atoms with Crippen molar-refractivity contribution in [2.45, 2.75) is 46.4 Å². The summed E-state index contributed by atoms with van der Waals surface area (Å²) in [4.78, 5) is 17.6. The Labute approximate surface area is 166 Å². The van der Waals surface area contributed by atoms with Gasteiger partial charge in [-0.05, 0) is 48.9 Å². The average Bonchev–Trinajstić information content (AvgIpc) is 3.45. The third kappa shape index (κ3) is 3.60. The monoisotopic (exact) mass is 395 g/mol. The van der Waals surface area contributed by atoms with Crippen LogP contribution in [0, 0.1) is 0 Å². The lowest BCUT2D eigenvalue weighted by molar-refractivity contribution is 0.0458. The number of ether oxygens (including phenoxy) is 1. The van der Waals surface area contributed by atoms with Gasteiger partial charge >= 0.3 is 5.97 Å². The molecule has 0 aliphatic carbocycles. The molecule has 4 rings (SSSR count). The van der Waals surface area contributed by atoms with E-state index in [0.29, 0.717) is 40.4 Å². The summed E-state index contributed by atoms with van der Waals surface area (Å²) in [5.74, 6) is 0.554. The van der Waals surface area contributed by atoms with Gasteiger partial charge in [-0.3, -0.25) is 0 Å². The number of fused-ring (bicyclic) bond motifs is 1. The summed E-state index contributed by atoms with van der Waals surface area (Å²) in [6.07, 6.45) is 4.07. The Morgan fingerprint density at radius 2 is 2.21 bits per heavy atom. The lowest BCUT2D eigenvalue weighted by atomic mass is 10.1. The number of tetrazole rings is 1. The standard InChI is InChI=1S/C19H21N7O3/c1-4-7-25-17(22-23-24-25)11-29-19(27)13-9-15(16-6-5-8-28-16)21-18-14(13)10-20-26(18)12(2)3/h5-6,8-10,12H,4,7,11H2,1-3H3. The molecule has 4 heterocycles. The first-order valence-electron chi connectivity index (χ1n) is 9.42. The van der Waals surface area contributed by atoms with Gasteiger partial charge in [0.05, 0.1) is 23.4 Å². The maximum atomic E-state index is 12.9. The largest absolute Gasteiger partial charge is 0.463 e. The normalized spacial score (nSPS) is 11.4. The summed E-state index contributed by atoms with van der Waals surface area (Å²) in [6, 6.07) is 5.30. The van der Waals surface area contributed by atoms with Gasteiger partial charge in [-0.2, -0.15) is 5.10 Å². The van der Waals surface area contributed by atoms with Crippen LogP contribution in [0.3, 0.4) is 0 Å². The molecule has 0 saturated heterocycles. The predicted octanol–water partition coefficient (Wildman–Crippen LogP) is 3.03. The molecule has 10 heteroatoms. The minimum atomic E-state index is -0.500. The maximum Gasteiger partial charge on any atom is 0.339 e. The van der Waals surface area contributed by atoms with Crippen LogP contribution in [0.15, 0.2) is 35.1 Å². The maximum absolute atomic E-state index is 12.9. The van der Waals surface area contributed by atoms with Crippen LogP contribution in [0.2, 0.25) is 0 Å². The minimum absolute atomic E-state index is 0.0238. The molecule has 0 fully saturated rings. The quantitative estimate of drug-likeness (QED) is 0.439. The van der Waals surface area contributed by atoms with Crippen LogP contribution in [0.4, 0.5) is 0 Å². The molecule has 0 radical (unpaired) electrons. The average molecular weight is 395 g/mol. The van der Waals surface area contributed by atoms with E-state index in [0.717, 1.165) is 6.42 Å². The molecular formula is C19H21N7O3. The molecule has 0 N–H and O–H groups in total. The van der Waals surface area contributed by atoms with Crippen LogP contribution in [-0.2, 0) is 17.9 Å². The van der Waals surface area contributed by atoms with Gasteiger partial charge in [0.2, 0.25) is 0 Å². The van der Waals surface area contributed by atoms with Crippen LogP contribution in [0.1, 0.15) is 49.4 Å². The molecule has 4 aromatic heterocycles. The van der Waals surface area contributed by atoms with E-state index in [1.165, 1.54) is 0 Å². The molecule has 0 atom stereocenters. The smallest absolute Gasteiger partial charge is 0.339 e. The number of esters is 1. The number of hydrogen-bond acceptors (Lipinski definition) is 8. The number of aromatic nitrogens is 7. The minimum Gasteiger partial charge on any atom is -0.463 e. The molecular weight excluding hydrogens is 374 g/mol. The molecule has 0 aliphatic rings. The Balaban J connectivity index is 1.70. The number of aryl methyl sites for hydroxylation is 1. The fourth-order valence-corrected chi connectivity index (χ4v) is 3.04. The van der Waals surface area contributed by atoms with Crippen molar-refractivity contribution in [1.29, 1.82) is 0 Å². The Morgan fingerprint density at radius 3 is 2.93 bits per heavy atom. The second kappa shape index (κ2) is 7.82. The van der Waals surface area contributed by atoms with Crippen molar-refractivity contribution in [3.8, 4) is 11.5 Å². The predicted molar refractivity (Wildman–Crippen MR) is 103 cm³/mol. The Morgan fingerprint density at radius 1 is 1.34 bits per heavy atom. The molecule has 0 aromatic carbocycles. The Bertz CT molecular complexity index is 1130. The number of nitrogens with zero attached hydrogens (tertiary/aromatic N) is 7. The fraction of sp³-hybridized carbons (Fsp3) is 0.368. The molecule has 150 valence electrons. The van der Waals surface area contributed by atoms with Crippen molar-refractivity contribution >= 4 is 17.0 Å². The molecule has 0 unspecified atom stereocenters. The molecule has 29 heavy (non-hydrogen) atoms. The summed E-state index contributed by atoms with van der Waals surface area (Å²) in [6.45, 7) is 6.65. The molecule has 4 aromatic rings. The van der Waals surface area contributed by atoms with Gasteiger partial charge in [0.1, 0.15) is 5.69 Å². The van der Waals surface area contributed by atoms with E-state index in [1.54, 1.807) is 40.0 Å². The number of rotatable bonds is 7. The third-order valence-electron chi connectivity index (χ3n) is 4.42. The molecule has 0 bridgehead atoms. The summed E-state index contributed by atoms with van der Waals surface area (Å²) >= 11 is 0. The third-order valence-corrected chi connectivity index (χ3v) is 4.42. The zero-order chi connectivity index (χ0) is 20.4. The Hall–Kier alpha value is -3.56. The van der Waals surface area contributed by atoms with E-state index >= 15 is 0 Å². The number of hydrogen-bond donors (Lipinski definition) is 0. The molecule has 0 aliphatic heterocycles. The first kappa shape index (κ1) is 18.8. The molecule has 0 saturated carbocycles. The highest BCUT2D eigenvalue weighted by molar-refractivity contribution is 6.03. The van der Waals surface area contributed by atoms with Crippen molar-refractivity contribution < 1.29 is 13.9 Å². The fourth-order valence-electron chi connectivity index (χ4n) is 3.04. The van der Waals surface area contributed by atoms with Crippen molar-refractivity contribution in [3.05, 3.63) is 42.0 Å². The van der Waals surface area contributed by atoms with Gasteiger partial charge in [-0.25, -0.2) is 19.1 Å². The van der Waals surface area contributed by atoms with Gasteiger partial charge in [-0.1, -0.05) is 6.92 Å². The van der Waals surface area contributed by atoms with E-state index < -0.39 is 5.97 Å². The van der Waals surface area contributed by atoms with Gasteiger partial charge < -0.3 is 9.15 Å². The summed E-state index contributed by atoms with van der Waals surface area (Å²) in [7, 11) is 0. The molecule has 10 nitrogen and oxygen atoms in total. The van der Waals surface area contributed by atoms with Crippen molar-refractivity contribution in [2.24, 2.45) is 0 Å². The Kier molecular flexibility index (Phi) is 5.07. The van der Waals surface area contributed by atoms with E-state index in [1.807, 2.05) is 20.8 Å². The number of pyridine rings is 1.